The predicted molar refractivity (Wildman–Crippen MR) is 101 cm³/mol. The molecule has 2 atom stereocenters. The highest BCUT2D eigenvalue weighted by Crippen LogP contribution is 2.52. The van der Waals surface area contributed by atoms with E-state index in [2.05, 4.69) is 0 Å². The zero-order valence-electron chi connectivity index (χ0n) is 15.9. The Morgan fingerprint density at radius 3 is 1.89 bits per heavy atom. The van der Waals surface area contributed by atoms with E-state index in [0.29, 0.717) is 13.2 Å². The van der Waals surface area contributed by atoms with E-state index in [1.165, 1.54) is 14.2 Å². The number of rotatable bonds is 10. The molecular weight excluding hydrogens is 347 g/mol. The Bertz CT molecular complexity index is 690. The Hall–Kier alpha value is -1.79. The van der Waals surface area contributed by atoms with Crippen LogP contribution in [0, 0.1) is 5.92 Å². The van der Waals surface area contributed by atoms with Crippen molar-refractivity contribution in [1.82, 2.24) is 0 Å². The van der Waals surface area contributed by atoms with Gasteiger partial charge in [-0.1, -0.05) is 60.7 Å². The third-order valence-electron chi connectivity index (χ3n) is 5.24. The van der Waals surface area contributed by atoms with Gasteiger partial charge in [0.1, 0.15) is 5.67 Å². The van der Waals surface area contributed by atoms with Gasteiger partial charge in [-0.15, -0.1) is 0 Å². The Morgan fingerprint density at radius 2 is 1.37 bits per heavy atom. The van der Waals surface area contributed by atoms with Crippen LogP contribution >= 0.6 is 0 Å². The molecule has 3 rings (SSSR count). The summed E-state index contributed by atoms with van der Waals surface area (Å²) >= 11 is 0. The first-order valence-corrected chi connectivity index (χ1v) is 9.14. The van der Waals surface area contributed by atoms with Gasteiger partial charge in [0.05, 0.1) is 32.3 Å². The summed E-state index contributed by atoms with van der Waals surface area (Å²) < 4.78 is 38.0. The molecule has 0 heterocycles. The van der Waals surface area contributed by atoms with Gasteiger partial charge in [0.25, 0.3) is 0 Å². The average Bonchev–Trinajstić information content (AvgIpc) is 2.71. The Kier molecular flexibility index (Phi) is 6.60. The van der Waals surface area contributed by atoms with Crippen LogP contribution in [-0.4, -0.2) is 38.9 Å². The van der Waals surface area contributed by atoms with Crippen LogP contribution < -0.4 is 0 Å². The van der Waals surface area contributed by atoms with E-state index in [-0.39, 0.29) is 19.6 Å². The van der Waals surface area contributed by atoms with Gasteiger partial charge >= 0.3 is 0 Å². The summed E-state index contributed by atoms with van der Waals surface area (Å²) in [6, 6.07) is 19.6. The van der Waals surface area contributed by atoms with Gasteiger partial charge in [-0.2, -0.15) is 0 Å². The highest BCUT2D eigenvalue weighted by Gasteiger charge is 2.66. The van der Waals surface area contributed by atoms with E-state index < -0.39 is 17.4 Å². The predicted octanol–water partition coefficient (Wildman–Crippen LogP) is 4.14. The normalized spacial score (nSPS) is 23.7. The lowest BCUT2D eigenvalue weighted by molar-refractivity contribution is -0.355. The van der Waals surface area contributed by atoms with Gasteiger partial charge in [-0.3, -0.25) is 0 Å². The Morgan fingerprint density at radius 1 is 0.852 bits per heavy atom. The largest absolute Gasteiger partial charge is 0.376 e. The fraction of sp³-hybridized carbons (Fsp3) is 0.455. The fourth-order valence-electron chi connectivity index (χ4n) is 3.64. The molecule has 0 bridgehead atoms. The number of benzene rings is 2. The van der Waals surface area contributed by atoms with E-state index in [4.69, 9.17) is 18.9 Å². The molecule has 4 nitrogen and oxygen atoms in total. The second kappa shape index (κ2) is 8.93. The van der Waals surface area contributed by atoms with Crippen LogP contribution in [0.25, 0.3) is 0 Å². The van der Waals surface area contributed by atoms with Gasteiger partial charge in [-0.25, -0.2) is 4.39 Å². The maximum Gasteiger partial charge on any atom is 0.178 e. The lowest BCUT2D eigenvalue weighted by atomic mass is 9.65. The molecule has 1 fully saturated rings. The smallest absolute Gasteiger partial charge is 0.178 e. The van der Waals surface area contributed by atoms with Gasteiger partial charge in [0, 0.05) is 20.6 Å². The maximum atomic E-state index is 15.5. The van der Waals surface area contributed by atoms with Crippen molar-refractivity contribution in [3.05, 3.63) is 71.8 Å². The highest BCUT2D eigenvalue weighted by molar-refractivity contribution is 5.15. The summed E-state index contributed by atoms with van der Waals surface area (Å²) in [6.07, 6.45) is 0.126. The van der Waals surface area contributed by atoms with E-state index in [0.717, 1.165) is 11.1 Å². The molecule has 0 amide bonds. The summed E-state index contributed by atoms with van der Waals surface area (Å²) in [6.45, 7) is 0.969. The first kappa shape index (κ1) is 20.0. The number of hydrogen-bond acceptors (Lipinski definition) is 4. The minimum absolute atomic E-state index is 0.0181. The molecule has 0 aliphatic heterocycles. The second-order valence-corrected chi connectivity index (χ2v) is 6.96. The van der Waals surface area contributed by atoms with Gasteiger partial charge in [0.15, 0.2) is 5.79 Å². The number of ether oxygens (including phenoxy) is 4. The Balaban J connectivity index is 1.57. The minimum Gasteiger partial charge on any atom is -0.376 e. The molecule has 1 aliphatic carbocycles. The van der Waals surface area contributed by atoms with Crippen LogP contribution in [-0.2, 0) is 32.2 Å². The molecule has 27 heavy (non-hydrogen) atoms. The third kappa shape index (κ3) is 4.55. The summed E-state index contributed by atoms with van der Waals surface area (Å²) in [7, 11) is 3.08. The summed E-state index contributed by atoms with van der Waals surface area (Å²) in [4.78, 5) is 0. The van der Waals surface area contributed by atoms with Crippen molar-refractivity contribution in [1.29, 1.82) is 0 Å². The molecule has 146 valence electrons. The number of alkyl halides is 1. The molecule has 1 aliphatic rings. The molecule has 2 aromatic carbocycles. The molecule has 5 heteroatoms. The summed E-state index contributed by atoms with van der Waals surface area (Å²) in [5.41, 5.74) is 0.515. The zero-order valence-corrected chi connectivity index (χ0v) is 15.9. The lowest BCUT2D eigenvalue weighted by Gasteiger charge is -2.55. The SMILES string of the molecule is COC1(OC)C[C@@](F)(COCc2ccccc2)[C@H]1COCc1ccccc1. The van der Waals surface area contributed by atoms with E-state index in [9.17, 15) is 0 Å². The molecule has 0 radical (unpaired) electrons. The van der Waals surface area contributed by atoms with Gasteiger partial charge in [-0.05, 0) is 11.1 Å². The van der Waals surface area contributed by atoms with Crippen molar-refractivity contribution in [2.24, 2.45) is 5.92 Å². The van der Waals surface area contributed by atoms with Crippen molar-refractivity contribution in [2.75, 3.05) is 27.4 Å². The van der Waals surface area contributed by atoms with Crippen molar-refractivity contribution in [3.8, 4) is 0 Å². The van der Waals surface area contributed by atoms with Crippen LogP contribution in [0.4, 0.5) is 4.39 Å². The van der Waals surface area contributed by atoms with E-state index in [1.807, 2.05) is 60.7 Å². The fourth-order valence-corrected chi connectivity index (χ4v) is 3.64. The van der Waals surface area contributed by atoms with E-state index in [1.54, 1.807) is 0 Å². The quantitative estimate of drug-likeness (QED) is 0.586. The zero-order chi connectivity index (χ0) is 19.2. The number of hydrogen-bond donors (Lipinski definition) is 0. The highest BCUT2D eigenvalue weighted by atomic mass is 19.1. The lowest BCUT2D eigenvalue weighted by Crippen LogP contribution is -2.68. The van der Waals surface area contributed by atoms with E-state index >= 15 is 4.39 Å². The first-order chi connectivity index (χ1) is 13.1. The van der Waals surface area contributed by atoms with Gasteiger partial charge in [0.2, 0.25) is 0 Å². The number of halogens is 1. The standard InChI is InChI=1S/C22H27FO4/c1-24-22(25-2)16-21(23,17-27-14-19-11-7-4-8-12-19)20(22)15-26-13-18-9-5-3-6-10-18/h3-12,20H,13-17H2,1-2H3/t20-,21-/m1/s1. The molecule has 0 saturated heterocycles. The van der Waals surface area contributed by atoms with Gasteiger partial charge < -0.3 is 18.9 Å². The van der Waals surface area contributed by atoms with Crippen molar-refractivity contribution >= 4 is 0 Å². The summed E-state index contributed by atoms with van der Waals surface area (Å²) in [5, 5.41) is 0. The molecule has 0 unspecified atom stereocenters. The van der Waals surface area contributed by atoms with Crippen molar-refractivity contribution in [3.63, 3.8) is 0 Å². The molecule has 1 saturated carbocycles. The molecule has 0 N–H and O–H groups in total. The van der Waals surface area contributed by atoms with Crippen LogP contribution in [0.2, 0.25) is 0 Å². The molecular formula is C22H27FO4. The molecule has 0 aromatic heterocycles. The average molecular weight is 374 g/mol. The second-order valence-electron chi connectivity index (χ2n) is 6.96. The number of methoxy groups -OCH3 is 2. The van der Waals surface area contributed by atoms with Crippen LogP contribution in [0.15, 0.2) is 60.7 Å². The molecule has 0 spiro atoms. The van der Waals surface area contributed by atoms with Crippen LogP contribution in [0.5, 0.6) is 0 Å². The topological polar surface area (TPSA) is 36.9 Å². The minimum atomic E-state index is -1.54. The Labute approximate surface area is 160 Å². The monoisotopic (exact) mass is 374 g/mol. The van der Waals surface area contributed by atoms with Crippen molar-refractivity contribution < 1.29 is 23.3 Å². The van der Waals surface area contributed by atoms with Crippen LogP contribution in [0.1, 0.15) is 17.5 Å². The first-order valence-electron chi connectivity index (χ1n) is 9.14. The van der Waals surface area contributed by atoms with Crippen molar-refractivity contribution in [2.45, 2.75) is 31.1 Å². The van der Waals surface area contributed by atoms with Crippen LogP contribution in [0.3, 0.4) is 0 Å². The summed E-state index contributed by atoms with van der Waals surface area (Å²) in [5.74, 6) is -1.53. The third-order valence-corrected chi connectivity index (χ3v) is 5.24. The maximum absolute atomic E-state index is 15.5. The molecule has 2 aromatic rings.